The smallest absolute Gasteiger partial charge is 0.287 e. The molecular formula is C14H22N4O3. The van der Waals surface area contributed by atoms with Gasteiger partial charge in [-0.05, 0) is 38.3 Å². The quantitative estimate of drug-likeness (QED) is 0.618. The monoisotopic (exact) mass is 294 g/mol. The van der Waals surface area contributed by atoms with E-state index in [0.717, 1.165) is 32.4 Å². The van der Waals surface area contributed by atoms with Crippen LogP contribution in [0.3, 0.4) is 0 Å². The molecular weight excluding hydrogens is 272 g/mol. The van der Waals surface area contributed by atoms with Crippen LogP contribution in [0.4, 0.5) is 5.69 Å². The Morgan fingerprint density at radius 1 is 1.57 bits per heavy atom. The molecule has 1 atom stereocenters. The van der Waals surface area contributed by atoms with Gasteiger partial charge in [0.15, 0.2) is 0 Å². The van der Waals surface area contributed by atoms with Crippen molar-refractivity contribution in [3.63, 3.8) is 0 Å². The van der Waals surface area contributed by atoms with Gasteiger partial charge < -0.3 is 15.2 Å². The maximum Gasteiger partial charge on any atom is 0.287 e. The van der Waals surface area contributed by atoms with E-state index in [1.54, 1.807) is 4.90 Å². The van der Waals surface area contributed by atoms with Crippen LogP contribution < -0.4 is 5.32 Å². The zero-order valence-corrected chi connectivity index (χ0v) is 12.3. The van der Waals surface area contributed by atoms with Crippen molar-refractivity contribution in [3.8, 4) is 0 Å². The Labute approximate surface area is 123 Å². The molecule has 1 amide bonds. The fourth-order valence-electron chi connectivity index (χ4n) is 2.72. The molecule has 0 aliphatic carbocycles. The number of H-pyrrole nitrogens is 1. The van der Waals surface area contributed by atoms with Gasteiger partial charge in [0, 0.05) is 19.2 Å². The second kappa shape index (κ2) is 7.21. The van der Waals surface area contributed by atoms with E-state index in [9.17, 15) is 14.9 Å². The van der Waals surface area contributed by atoms with E-state index >= 15 is 0 Å². The van der Waals surface area contributed by atoms with Gasteiger partial charge >= 0.3 is 0 Å². The Balaban J connectivity index is 2.04. The van der Waals surface area contributed by atoms with Crippen molar-refractivity contribution in [2.75, 3.05) is 26.2 Å². The molecule has 0 saturated carbocycles. The first-order valence-corrected chi connectivity index (χ1v) is 7.44. The third-order valence-corrected chi connectivity index (χ3v) is 3.77. The summed E-state index contributed by atoms with van der Waals surface area (Å²) in [4.78, 5) is 27.2. The maximum atomic E-state index is 12.5. The molecule has 7 heteroatoms. The first-order valence-electron chi connectivity index (χ1n) is 7.44. The molecule has 1 aromatic heterocycles. The Hall–Kier alpha value is -1.89. The molecule has 1 aromatic rings. The lowest BCUT2D eigenvalue weighted by molar-refractivity contribution is -0.384. The summed E-state index contributed by atoms with van der Waals surface area (Å²) < 4.78 is 0. The van der Waals surface area contributed by atoms with Gasteiger partial charge in [-0.15, -0.1) is 0 Å². The normalized spacial score (nSPS) is 18.4. The van der Waals surface area contributed by atoms with Crippen LogP contribution in [0, 0.1) is 16.0 Å². The van der Waals surface area contributed by atoms with Gasteiger partial charge in [0.25, 0.3) is 11.6 Å². The highest BCUT2D eigenvalue weighted by Crippen LogP contribution is 2.17. The molecule has 0 radical (unpaired) electrons. The minimum atomic E-state index is -0.498. The molecule has 1 unspecified atom stereocenters. The Bertz CT molecular complexity index is 494. The molecule has 116 valence electrons. The van der Waals surface area contributed by atoms with Crippen molar-refractivity contribution in [2.24, 2.45) is 5.92 Å². The summed E-state index contributed by atoms with van der Waals surface area (Å²) in [6, 6.07) is 1.31. The minimum Gasteiger partial charge on any atom is -0.351 e. The Morgan fingerprint density at radius 3 is 2.95 bits per heavy atom. The molecule has 1 saturated heterocycles. The number of nitrogens with one attached hydrogen (secondary N) is 2. The fourth-order valence-corrected chi connectivity index (χ4v) is 2.72. The number of aromatic nitrogens is 1. The first kappa shape index (κ1) is 15.5. The summed E-state index contributed by atoms with van der Waals surface area (Å²) in [7, 11) is 0. The molecule has 7 nitrogen and oxygen atoms in total. The predicted molar refractivity (Wildman–Crippen MR) is 79.2 cm³/mol. The molecule has 21 heavy (non-hydrogen) atoms. The predicted octanol–water partition coefficient (Wildman–Crippen LogP) is 1.77. The van der Waals surface area contributed by atoms with Gasteiger partial charge in [0.1, 0.15) is 5.69 Å². The summed E-state index contributed by atoms with van der Waals surface area (Å²) >= 11 is 0. The van der Waals surface area contributed by atoms with Crippen molar-refractivity contribution in [1.82, 2.24) is 15.2 Å². The standard InChI is InChI=1S/C14H22N4O3/c1-2-6-17(10-11-4-3-5-15-8-11)14(19)13-7-12(9-16-13)18(20)21/h7,9,11,15-16H,2-6,8,10H2,1H3. The number of amides is 1. The highest BCUT2D eigenvalue weighted by molar-refractivity contribution is 5.93. The number of carbonyl (C=O) groups excluding carboxylic acids is 1. The van der Waals surface area contributed by atoms with Crippen LogP contribution in [-0.2, 0) is 0 Å². The van der Waals surface area contributed by atoms with Crippen molar-refractivity contribution < 1.29 is 9.72 Å². The van der Waals surface area contributed by atoms with E-state index < -0.39 is 4.92 Å². The summed E-state index contributed by atoms with van der Waals surface area (Å²) in [5.41, 5.74) is 0.216. The zero-order valence-electron chi connectivity index (χ0n) is 12.3. The number of hydrogen-bond donors (Lipinski definition) is 2. The van der Waals surface area contributed by atoms with Crippen molar-refractivity contribution in [1.29, 1.82) is 0 Å². The number of piperidine rings is 1. The highest BCUT2D eigenvalue weighted by Gasteiger charge is 2.23. The minimum absolute atomic E-state index is 0.0749. The van der Waals surface area contributed by atoms with Crippen molar-refractivity contribution in [3.05, 3.63) is 28.1 Å². The molecule has 1 fully saturated rings. The lowest BCUT2D eigenvalue weighted by Crippen LogP contribution is -2.41. The average molecular weight is 294 g/mol. The molecule has 2 rings (SSSR count). The van der Waals surface area contributed by atoms with Gasteiger partial charge in [-0.25, -0.2) is 0 Å². The van der Waals surface area contributed by atoms with Crippen LogP contribution in [0.5, 0.6) is 0 Å². The fraction of sp³-hybridized carbons (Fsp3) is 0.643. The third-order valence-electron chi connectivity index (χ3n) is 3.77. The second-order valence-corrected chi connectivity index (χ2v) is 5.49. The second-order valence-electron chi connectivity index (χ2n) is 5.49. The molecule has 0 spiro atoms. The van der Waals surface area contributed by atoms with Gasteiger partial charge in [-0.1, -0.05) is 6.92 Å². The Morgan fingerprint density at radius 2 is 2.38 bits per heavy atom. The number of nitrogens with zero attached hydrogens (tertiary/aromatic N) is 2. The van der Waals surface area contributed by atoms with Crippen molar-refractivity contribution in [2.45, 2.75) is 26.2 Å². The molecule has 1 aliphatic heterocycles. The van der Waals surface area contributed by atoms with E-state index in [1.807, 2.05) is 6.92 Å². The van der Waals surface area contributed by atoms with Crippen LogP contribution in [-0.4, -0.2) is 46.9 Å². The van der Waals surface area contributed by atoms with Crippen molar-refractivity contribution >= 4 is 11.6 Å². The zero-order chi connectivity index (χ0) is 15.2. The van der Waals surface area contributed by atoms with Gasteiger partial charge in [0.2, 0.25) is 0 Å². The SMILES string of the molecule is CCCN(CC1CCCNC1)C(=O)c1cc([N+](=O)[O-])c[nH]1. The van der Waals surface area contributed by atoms with Crippen LogP contribution in [0.1, 0.15) is 36.7 Å². The van der Waals surface area contributed by atoms with E-state index in [1.165, 1.54) is 12.3 Å². The number of rotatable bonds is 6. The van der Waals surface area contributed by atoms with Crippen LogP contribution in [0.2, 0.25) is 0 Å². The van der Waals surface area contributed by atoms with E-state index in [0.29, 0.717) is 24.7 Å². The third kappa shape index (κ3) is 4.04. The number of nitro groups is 1. The maximum absolute atomic E-state index is 12.5. The van der Waals surface area contributed by atoms with Crippen LogP contribution in [0.15, 0.2) is 12.3 Å². The molecule has 0 aromatic carbocycles. The molecule has 1 aliphatic rings. The van der Waals surface area contributed by atoms with Gasteiger partial charge in [-0.2, -0.15) is 0 Å². The van der Waals surface area contributed by atoms with Gasteiger partial charge in [0.05, 0.1) is 11.1 Å². The lowest BCUT2D eigenvalue weighted by atomic mass is 9.99. The van der Waals surface area contributed by atoms with E-state index in [2.05, 4.69) is 10.3 Å². The van der Waals surface area contributed by atoms with E-state index in [4.69, 9.17) is 0 Å². The number of carbonyl (C=O) groups is 1. The summed E-state index contributed by atoms with van der Waals surface area (Å²) in [6.07, 6.45) is 4.38. The topological polar surface area (TPSA) is 91.3 Å². The largest absolute Gasteiger partial charge is 0.351 e. The molecule has 2 heterocycles. The lowest BCUT2D eigenvalue weighted by Gasteiger charge is -2.29. The number of hydrogen-bond acceptors (Lipinski definition) is 4. The molecule has 2 N–H and O–H groups in total. The summed E-state index contributed by atoms with van der Waals surface area (Å²) in [5, 5.41) is 14.0. The number of aromatic amines is 1. The summed E-state index contributed by atoms with van der Waals surface area (Å²) in [5.74, 6) is 0.301. The Kier molecular flexibility index (Phi) is 5.32. The first-order chi connectivity index (χ1) is 10.1. The van der Waals surface area contributed by atoms with Crippen LogP contribution >= 0.6 is 0 Å². The summed E-state index contributed by atoms with van der Waals surface area (Å²) in [6.45, 7) is 5.37. The van der Waals surface area contributed by atoms with E-state index in [-0.39, 0.29) is 11.6 Å². The van der Waals surface area contributed by atoms with Gasteiger partial charge in [-0.3, -0.25) is 14.9 Å². The highest BCUT2D eigenvalue weighted by atomic mass is 16.6. The molecule has 0 bridgehead atoms. The average Bonchev–Trinajstić information content (AvgIpc) is 2.97. The van der Waals surface area contributed by atoms with Crippen LogP contribution in [0.25, 0.3) is 0 Å².